The number of esters is 1. The Kier molecular flexibility index (Phi) is 9.62. The first kappa shape index (κ1) is 26.0. The largest absolute Gasteiger partial charge is 0.427 e. The molecule has 3 aromatic carbocycles. The van der Waals surface area contributed by atoms with E-state index in [1.54, 1.807) is 11.3 Å². The van der Waals surface area contributed by atoms with Gasteiger partial charge in [-0.3, -0.25) is 4.79 Å². The van der Waals surface area contributed by atoms with Crippen LogP contribution in [0, 0.1) is 0 Å². The Morgan fingerprint density at radius 2 is 1.36 bits per heavy atom. The lowest BCUT2D eigenvalue weighted by Crippen LogP contribution is -2.07. The van der Waals surface area contributed by atoms with Crippen molar-refractivity contribution in [1.82, 2.24) is 10.2 Å². The minimum absolute atomic E-state index is 0.159. The van der Waals surface area contributed by atoms with Gasteiger partial charge in [0, 0.05) is 17.5 Å². The van der Waals surface area contributed by atoms with E-state index < -0.39 is 0 Å². The molecule has 0 saturated carbocycles. The average molecular weight is 501 g/mol. The van der Waals surface area contributed by atoms with Crippen LogP contribution >= 0.6 is 11.3 Å². The normalized spacial score (nSPS) is 11.2. The fourth-order valence-corrected chi connectivity index (χ4v) is 5.17. The zero-order valence-electron chi connectivity index (χ0n) is 21.5. The number of nitrogens with zero attached hydrogens (tertiary/aromatic N) is 2. The monoisotopic (exact) mass is 500 g/mol. The molecule has 0 N–H and O–H groups in total. The standard InChI is InChI=1S/C31H36N2O2S/c1-3-5-7-9-11-23-13-15-24(16-14-23)30-32-33-31(36-30)27-18-17-26-22-28(20-19-25(26)21-27)35-29(34)12-10-8-6-4-2/h13-22H,3-12H2,1-2H3. The van der Waals surface area contributed by atoms with Crippen molar-refractivity contribution in [3.8, 4) is 26.9 Å². The molecule has 0 aliphatic carbocycles. The molecule has 5 heteroatoms. The van der Waals surface area contributed by atoms with Crippen LogP contribution in [0.5, 0.6) is 5.75 Å². The summed E-state index contributed by atoms with van der Waals surface area (Å²) in [6.45, 7) is 4.41. The maximum absolute atomic E-state index is 12.1. The second kappa shape index (κ2) is 13.3. The van der Waals surface area contributed by atoms with Gasteiger partial charge in [0.15, 0.2) is 0 Å². The van der Waals surface area contributed by atoms with E-state index in [0.717, 1.165) is 64.0 Å². The van der Waals surface area contributed by atoms with Crippen molar-refractivity contribution in [2.45, 2.75) is 78.1 Å². The van der Waals surface area contributed by atoms with Crippen molar-refractivity contribution < 1.29 is 9.53 Å². The van der Waals surface area contributed by atoms with Crippen molar-refractivity contribution in [3.05, 3.63) is 66.2 Å². The third-order valence-corrected chi connectivity index (χ3v) is 7.49. The molecule has 0 unspecified atom stereocenters. The Morgan fingerprint density at radius 1 is 0.722 bits per heavy atom. The predicted molar refractivity (Wildman–Crippen MR) is 151 cm³/mol. The van der Waals surface area contributed by atoms with Crippen LogP contribution in [0.3, 0.4) is 0 Å². The average Bonchev–Trinajstić information content (AvgIpc) is 3.40. The Morgan fingerprint density at radius 3 is 2.11 bits per heavy atom. The fraction of sp³-hybridized carbons (Fsp3) is 0.387. The number of fused-ring (bicyclic) bond motifs is 1. The highest BCUT2D eigenvalue weighted by molar-refractivity contribution is 7.17. The van der Waals surface area contributed by atoms with E-state index >= 15 is 0 Å². The summed E-state index contributed by atoms with van der Waals surface area (Å²) in [5, 5.41) is 12.9. The quantitative estimate of drug-likeness (QED) is 0.104. The van der Waals surface area contributed by atoms with E-state index in [4.69, 9.17) is 4.74 Å². The Bertz CT molecular complexity index is 1260. The zero-order chi connectivity index (χ0) is 25.2. The van der Waals surface area contributed by atoms with Crippen molar-refractivity contribution in [2.75, 3.05) is 0 Å². The van der Waals surface area contributed by atoms with Crippen molar-refractivity contribution in [2.24, 2.45) is 0 Å². The van der Waals surface area contributed by atoms with Gasteiger partial charge in [-0.05, 0) is 53.8 Å². The van der Waals surface area contributed by atoms with Crippen LogP contribution in [0.4, 0.5) is 0 Å². The summed E-state index contributed by atoms with van der Waals surface area (Å²) >= 11 is 1.61. The topological polar surface area (TPSA) is 52.1 Å². The molecule has 4 aromatic rings. The first-order valence-corrected chi connectivity index (χ1v) is 14.2. The molecule has 4 nitrogen and oxygen atoms in total. The third kappa shape index (κ3) is 7.23. The van der Waals surface area contributed by atoms with Crippen LogP contribution in [-0.2, 0) is 11.2 Å². The number of carbonyl (C=O) groups is 1. The van der Waals surface area contributed by atoms with E-state index in [0.29, 0.717) is 12.2 Å². The molecule has 4 rings (SSSR count). The molecule has 188 valence electrons. The maximum atomic E-state index is 12.1. The minimum atomic E-state index is -0.159. The van der Waals surface area contributed by atoms with E-state index in [-0.39, 0.29) is 5.97 Å². The van der Waals surface area contributed by atoms with Gasteiger partial charge in [-0.1, -0.05) is 106 Å². The highest BCUT2D eigenvalue weighted by Crippen LogP contribution is 2.32. The number of hydrogen-bond donors (Lipinski definition) is 0. The van der Waals surface area contributed by atoms with Crippen LogP contribution in [0.1, 0.15) is 77.2 Å². The number of benzene rings is 3. The molecule has 0 atom stereocenters. The smallest absolute Gasteiger partial charge is 0.311 e. The molecule has 0 spiro atoms. The van der Waals surface area contributed by atoms with Crippen LogP contribution < -0.4 is 4.74 Å². The van der Waals surface area contributed by atoms with Gasteiger partial charge in [0.05, 0.1) is 0 Å². The first-order chi connectivity index (χ1) is 17.7. The summed E-state index contributed by atoms with van der Waals surface area (Å²) in [5.41, 5.74) is 3.54. The molecule has 1 aromatic heterocycles. The first-order valence-electron chi connectivity index (χ1n) is 13.3. The lowest BCUT2D eigenvalue weighted by Gasteiger charge is -2.06. The minimum Gasteiger partial charge on any atom is -0.427 e. The van der Waals surface area contributed by atoms with Gasteiger partial charge in [0.2, 0.25) is 0 Å². The van der Waals surface area contributed by atoms with Gasteiger partial charge >= 0.3 is 5.97 Å². The molecule has 0 aliphatic heterocycles. The summed E-state index contributed by atoms with van der Waals surface area (Å²) in [7, 11) is 0. The Hall–Kier alpha value is -3.05. The molecule has 0 bridgehead atoms. The SMILES string of the molecule is CCCCCCC(=O)Oc1ccc2cc(-c3nnc(-c4ccc(CCCCCC)cc4)s3)ccc2c1. The van der Waals surface area contributed by atoms with Gasteiger partial charge < -0.3 is 4.74 Å². The Labute approximate surface area is 218 Å². The van der Waals surface area contributed by atoms with Gasteiger partial charge in [-0.25, -0.2) is 0 Å². The molecule has 1 heterocycles. The lowest BCUT2D eigenvalue weighted by molar-refractivity contribution is -0.134. The summed E-state index contributed by atoms with van der Waals surface area (Å²) < 4.78 is 5.55. The molecule has 0 saturated heterocycles. The second-order valence-electron chi connectivity index (χ2n) is 9.43. The van der Waals surface area contributed by atoms with Crippen LogP contribution in [0.2, 0.25) is 0 Å². The molecular weight excluding hydrogens is 464 g/mol. The zero-order valence-corrected chi connectivity index (χ0v) is 22.3. The number of ether oxygens (including phenoxy) is 1. The number of unbranched alkanes of at least 4 members (excludes halogenated alkanes) is 6. The highest BCUT2D eigenvalue weighted by Gasteiger charge is 2.11. The van der Waals surface area contributed by atoms with Crippen LogP contribution in [0.15, 0.2) is 60.7 Å². The van der Waals surface area contributed by atoms with Gasteiger partial charge in [-0.15, -0.1) is 10.2 Å². The fourth-order valence-electron chi connectivity index (χ4n) is 4.33. The summed E-state index contributed by atoms with van der Waals surface area (Å²) in [4.78, 5) is 12.1. The second-order valence-corrected chi connectivity index (χ2v) is 10.4. The van der Waals surface area contributed by atoms with Crippen LogP contribution in [0.25, 0.3) is 31.9 Å². The molecule has 0 fully saturated rings. The summed E-state index contributed by atoms with van der Waals surface area (Å²) in [5.74, 6) is 0.441. The van der Waals surface area contributed by atoms with E-state index in [1.807, 2.05) is 18.2 Å². The molecule has 0 radical (unpaired) electrons. The lowest BCUT2D eigenvalue weighted by atomic mass is 10.0. The maximum Gasteiger partial charge on any atom is 0.311 e. The van der Waals surface area contributed by atoms with Crippen molar-refractivity contribution in [1.29, 1.82) is 0 Å². The Balaban J connectivity index is 1.39. The highest BCUT2D eigenvalue weighted by atomic mass is 32.1. The number of aromatic nitrogens is 2. The number of aryl methyl sites for hydroxylation is 1. The van der Waals surface area contributed by atoms with Crippen LogP contribution in [-0.4, -0.2) is 16.2 Å². The van der Waals surface area contributed by atoms with Gasteiger partial charge in [-0.2, -0.15) is 0 Å². The molecular formula is C31H36N2O2S. The molecule has 36 heavy (non-hydrogen) atoms. The van der Waals surface area contributed by atoms with Gasteiger partial charge in [0.1, 0.15) is 15.8 Å². The van der Waals surface area contributed by atoms with E-state index in [1.165, 1.54) is 31.2 Å². The third-order valence-electron chi connectivity index (χ3n) is 6.47. The summed E-state index contributed by atoms with van der Waals surface area (Å²) in [6, 6.07) is 20.8. The van der Waals surface area contributed by atoms with Crippen molar-refractivity contribution >= 4 is 28.1 Å². The predicted octanol–water partition coefficient (Wildman–Crippen LogP) is 9.02. The van der Waals surface area contributed by atoms with Crippen molar-refractivity contribution in [3.63, 3.8) is 0 Å². The number of rotatable bonds is 13. The number of hydrogen-bond acceptors (Lipinski definition) is 5. The summed E-state index contributed by atoms with van der Waals surface area (Å²) in [6.07, 6.45) is 11.0. The van der Waals surface area contributed by atoms with E-state index in [2.05, 4.69) is 66.5 Å². The molecule has 0 aliphatic rings. The van der Waals surface area contributed by atoms with Gasteiger partial charge in [0.25, 0.3) is 0 Å². The number of carbonyl (C=O) groups excluding carboxylic acids is 1. The molecule has 0 amide bonds. The van der Waals surface area contributed by atoms with E-state index in [9.17, 15) is 4.79 Å².